The molecule has 16 nitrogen and oxygen atoms in total. The summed E-state index contributed by atoms with van der Waals surface area (Å²) < 4.78 is 211. The van der Waals surface area contributed by atoms with Crippen LogP contribution in [0.1, 0.15) is 89.4 Å². The third-order valence-electron chi connectivity index (χ3n) is 19.9. The number of aromatic nitrogens is 3. The molecular weight excluding hydrogens is 1690 g/mol. The first kappa shape index (κ1) is 85.4. The molecule has 35 heteroatoms. The van der Waals surface area contributed by atoms with Gasteiger partial charge in [0.05, 0.1) is 89.7 Å². The van der Waals surface area contributed by atoms with Gasteiger partial charge in [-0.15, -0.1) is 23.5 Å². The van der Waals surface area contributed by atoms with E-state index in [0.717, 1.165) is 35.7 Å². The van der Waals surface area contributed by atoms with Crippen LogP contribution in [0.5, 0.6) is 0 Å². The van der Waals surface area contributed by atoms with E-state index in [0.29, 0.717) is 48.0 Å². The Labute approximate surface area is 670 Å². The Morgan fingerprint density at radius 3 is 1.47 bits per heavy atom. The Morgan fingerprint density at radius 1 is 0.584 bits per heavy atom. The van der Waals surface area contributed by atoms with Crippen molar-refractivity contribution in [1.82, 2.24) is 15.0 Å². The molecule has 4 aromatic carbocycles. The van der Waals surface area contributed by atoms with Crippen molar-refractivity contribution in [2.45, 2.75) is 99.3 Å². The first-order chi connectivity index (χ1) is 53.7. The van der Waals surface area contributed by atoms with Gasteiger partial charge in [-0.1, -0.05) is 104 Å². The number of alkyl halides is 8. The highest BCUT2D eigenvalue weighted by molar-refractivity contribution is 9.10. The van der Waals surface area contributed by atoms with Crippen molar-refractivity contribution in [3.63, 3.8) is 0 Å². The summed E-state index contributed by atoms with van der Waals surface area (Å²) in [6.45, 7) is 27.5. The number of ketones is 1. The number of carbonyl (C=O) groups is 1. The Balaban J connectivity index is 0.000000151. The van der Waals surface area contributed by atoms with Crippen LogP contribution in [-0.2, 0) is 40.1 Å². The van der Waals surface area contributed by atoms with Crippen LogP contribution in [0.15, 0.2) is 165 Å². The van der Waals surface area contributed by atoms with E-state index in [1.807, 2.05) is 27.7 Å². The van der Waals surface area contributed by atoms with E-state index in [1.165, 1.54) is 127 Å². The molecule has 3 aromatic heterocycles. The van der Waals surface area contributed by atoms with E-state index in [-0.39, 0.29) is 87.2 Å². The van der Waals surface area contributed by atoms with Crippen LogP contribution in [0, 0.1) is 54.9 Å². The van der Waals surface area contributed by atoms with Crippen molar-refractivity contribution in [3.8, 4) is 0 Å². The summed E-state index contributed by atoms with van der Waals surface area (Å²) in [4.78, 5) is 47.4. The summed E-state index contributed by atoms with van der Waals surface area (Å²) in [7, 11) is -0.748. The first-order valence-electron chi connectivity index (χ1n) is 34.2. The molecule has 588 valence electrons. The van der Waals surface area contributed by atoms with Gasteiger partial charge in [0.15, 0.2) is 17.1 Å². The molecule has 0 spiro atoms. The number of nitrogens with zero attached hydrogens (tertiary/aromatic N) is 9. The van der Waals surface area contributed by atoms with Gasteiger partial charge in [0, 0.05) is 80.3 Å². The number of pyridine rings is 3. The molecule has 0 saturated carbocycles. The second-order valence-electron chi connectivity index (χ2n) is 27.3. The van der Waals surface area contributed by atoms with E-state index in [9.17, 15) is 57.5 Å². The summed E-state index contributed by atoms with van der Waals surface area (Å²) in [5, 5.41) is 1.61. The minimum absolute atomic E-state index is 0.00705. The number of thioether (sulfide) groups is 3. The van der Waals surface area contributed by atoms with Gasteiger partial charge in [0.1, 0.15) is 63.8 Å². The highest BCUT2D eigenvalue weighted by Gasteiger charge is 2.63. The number of aliphatic imine (C=N–C) groups is 3. The van der Waals surface area contributed by atoms with Crippen molar-refractivity contribution < 1.29 is 85.4 Å². The number of rotatable bonds is 15. The largest absolute Gasteiger partial charge is 0.490 e. The predicted octanol–water partition coefficient (Wildman–Crippen LogP) is 20.4. The molecule has 10 heterocycles. The summed E-state index contributed by atoms with van der Waals surface area (Å²) in [6.07, 6.45) is -8.77. The third kappa shape index (κ3) is 18.9. The van der Waals surface area contributed by atoms with Crippen molar-refractivity contribution in [1.29, 1.82) is 0 Å². The predicted molar refractivity (Wildman–Crippen MR) is 417 cm³/mol. The molecular formula is C78H64BBr2F13N10O6S3. The molecule has 0 amide bonds. The number of ether oxygens (including phenoxy) is 3. The quantitative estimate of drug-likeness (QED) is 0.0337. The first-order valence-corrected chi connectivity index (χ1v) is 39.1. The number of fused-ring (bicyclic) bond motifs is 3. The summed E-state index contributed by atoms with van der Waals surface area (Å²) in [5.41, 5.74) is 2.98. The van der Waals surface area contributed by atoms with E-state index >= 15 is 4.39 Å². The van der Waals surface area contributed by atoms with Gasteiger partial charge in [0.2, 0.25) is 17.1 Å². The number of carbonyl (C=O) groups excluding carboxylic acids is 1. The summed E-state index contributed by atoms with van der Waals surface area (Å²) in [5.74, 6) is -4.84. The lowest BCUT2D eigenvalue weighted by Gasteiger charge is -2.37. The maximum absolute atomic E-state index is 15.0. The minimum Gasteiger partial charge on any atom is -0.400 e. The smallest absolute Gasteiger partial charge is 0.400 e. The number of nitrogens with two attached hydrogens (primary N) is 1. The number of hydrogen-bond donors (Lipinski definition) is 1. The fraction of sp³-hybridized carbons (Fsp3) is 0.333. The number of halogens is 15. The van der Waals surface area contributed by atoms with Crippen LogP contribution in [0.25, 0.3) is 44.2 Å². The molecule has 14 rings (SSSR count). The van der Waals surface area contributed by atoms with Crippen LogP contribution in [0.3, 0.4) is 0 Å². The zero-order valence-electron chi connectivity index (χ0n) is 59.8. The fourth-order valence-corrected chi connectivity index (χ4v) is 17.9. The number of amidine groups is 1. The summed E-state index contributed by atoms with van der Waals surface area (Å²) in [6, 6.07) is 29.2. The van der Waals surface area contributed by atoms with E-state index in [1.54, 1.807) is 30.3 Å². The number of Topliss-reactive ketones (excluding diaryl/α,β-unsaturated/α-hetero) is 1. The zero-order chi connectivity index (χ0) is 81.5. The monoisotopic (exact) mass is 1750 g/mol. The lowest BCUT2D eigenvalue weighted by Crippen LogP contribution is -2.45. The maximum atomic E-state index is 15.0. The third-order valence-corrected chi connectivity index (χ3v) is 24.4. The van der Waals surface area contributed by atoms with Crippen LogP contribution in [0.4, 0.5) is 74.1 Å². The van der Waals surface area contributed by atoms with Crippen LogP contribution < -0.4 is 5.73 Å². The molecule has 7 aromatic rings. The van der Waals surface area contributed by atoms with E-state index in [4.69, 9.17) is 49.0 Å². The second-order valence-corrected chi connectivity index (χ2v) is 32.0. The Hall–Kier alpha value is -8.54. The van der Waals surface area contributed by atoms with Gasteiger partial charge in [-0.05, 0) is 118 Å². The van der Waals surface area contributed by atoms with Crippen molar-refractivity contribution in [2.24, 2.45) is 38.5 Å². The van der Waals surface area contributed by atoms with Gasteiger partial charge in [-0.2, -0.15) is 13.2 Å². The molecule has 4 saturated heterocycles. The van der Waals surface area contributed by atoms with E-state index < -0.39 is 132 Å². The topological polar surface area (TPSA) is 178 Å². The van der Waals surface area contributed by atoms with Gasteiger partial charge >= 0.3 is 13.3 Å². The number of hydrogen-bond acceptors (Lipinski definition) is 16. The van der Waals surface area contributed by atoms with Gasteiger partial charge in [-0.25, -0.2) is 63.4 Å². The highest BCUT2D eigenvalue weighted by Crippen LogP contribution is 2.55. The molecule has 0 unspecified atom stereocenters. The SMILES string of the molecule is O=C(CC1=N[C@@]2(c3cc(Br)ccc3F)CO[C@H](C(F)(F)F)[C@H]2CS1)c1ccccc1.[C-]#[N+]c1ccc(/C(F)=C/B2OC(C)(C)C(C)(C)O2)nc1.[C-]#[N+]c1ccc(/C(F)=C/c2ccc(F)c([C@]34CO[C@H](C(F)F)[C@H]3CSC(CBr)=N4)c2)nc1.[C-]#[N+]c1ccc(/C(F)=C/c2ccc(F)c([C@]34CO[C@H](C(F)F)[C@H]3CSC(N)=N4)c2)nc1. The van der Waals surface area contributed by atoms with E-state index in [2.05, 4.69) is 76.3 Å². The lowest BCUT2D eigenvalue weighted by atomic mass is 9.78. The van der Waals surface area contributed by atoms with Crippen molar-refractivity contribution in [3.05, 3.63) is 253 Å². The van der Waals surface area contributed by atoms with Gasteiger partial charge in [0.25, 0.3) is 12.9 Å². The average Bonchev–Trinajstić information content (AvgIpc) is 1.61. The molecule has 0 radical (unpaired) electrons. The van der Waals surface area contributed by atoms with Crippen LogP contribution >= 0.6 is 67.1 Å². The second kappa shape index (κ2) is 35.7. The Kier molecular flexibility index (Phi) is 27.0. The van der Waals surface area contributed by atoms with Gasteiger partial charge < -0.3 is 29.3 Å². The molecule has 7 aliphatic heterocycles. The molecule has 2 N–H and O–H groups in total. The Morgan fingerprint density at radius 2 is 1.01 bits per heavy atom. The summed E-state index contributed by atoms with van der Waals surface area (Å²) >= 11 is 10.2. The molecule has 0 aliphatic carbocycles. The van der Waals surface area contributed by atoms with Crippen molar-refractivity contribution >= 4 is 142 Å². The van der Waals surface area contributed by atoms with Crippen LogP contribution in [0.2, 0.25) is 0 Å². The highest BCUT2D eigenvalue weighted by atomic mass is 79.9. The van der Waals surface area contributed by atoms with Crippen LogP contribution in [-0.4, -0.2) is 134 Å². The van der Waals surface area contributed by atoms with Gasteiger partial charge in [-0.3, -0.25) is 29.7 Å². The fourth-order valence-electron chi connectivity index (χ4n) is 13.4. The molecule has 0 bridgehead atoms. The maximum Gasteiger partial charge on any atom is 0.490 e. The molecule has 113 heavy (non-hydrogen) atoms. The lowest BCUT2D eigenvalue weighted by molar-refractivity contribution is -0.215. The van der Waals surface area contributed by atoms with Crippen molar-refractivity contribution in [2.75, 3.05) is 42.4 Å². The molecule has 9 atom stereocenters. The molecule has 7 aliphatic rings. The zero-order valence-corrected chi connectivity index (χ0v) is 65.4. The minimum atomic E-state index is -4.59. The Bertz CT molecular complexity index is 5010. The average molecular weight is 1750 g/mol. The molecule has 4 fully saturated rings. The number of benzene rings is 4. The normalized spacial score (nSPS) is 24.9. The standard InChI is InChI=1S/C22H16BrF4N3OS.C21H16BrF4NO2S.C21H16F4N4OS.C14H16BFN2O2/c1-28-13-3-5-18(29-9-13)17(25)7-12-2-4-16(24)14(6-12)22-11-31-20(21(26)27)15(22)10-32-19(8-23)30-22;22-13-6-7-16(23)14(8-13)20-11-29-19(21(24,25)26)15(20)10-30-18(27-20)9-17(28)12-4-2-1-3-5-12;1-27-12-3-5-17(28-8-12)16(23)7-11-2-4-15(22)13(6-11)21-10-30-18(19(24)25)14(21)9-31-20(26)29-21;1-13(2)14(3,4)20-15(19-13)8-11(16)12-7-6-10(17-5)9-18-12/h2-7,9,15,20-21H,8,10-11H2;1-8,15,19H,9-11H2;2-8,14,18-19H,9-10H2,(H2,26,29);6-9H,1-4H3/b17-7-;;16-7-;11-8-/t15-,20+,22-;15-,19+,20-;14-,18+,21-;/m111./s1.